The number of nitrogens with zero attached hydrogens (tertiary/aromatic N) is 1. The number of hydrazine groups is 1. The molecular formula is C17H21N3. The molecule has 0 spiro atoms. The van der Waals surface area contributed by atoms with Crippen LogP contribution in [0.1, 0.15) is 53.6 Å². The number of nitrogens with one attached hydrogen (secondary N) is 1. The number of rotatable bonds is 4. The van der Waals surface area contributed by atoms with Gasteiger partial charge in [-0.1, -0.05) is 36.8 Å². The number of nitrogens with two attached hydrogens (primary N) is 1. The highest BCUT2D eigenvalue weighted by atomic mass is 15.2. The second-order valence-electron chi connectivity index (χ2n) is 5.57. The molecule has 1 aliphatic carbocycles. The second-order valence-corrected chi connectivity index (χ2v) is 5.57. The SMILES string of the molecule is Cc1ncccc1C(NN)c1ccc(C2CCC2)cc1. The summed E-state index contributed by atoms with van der Waals surface area (Å²) in [5.41, 5.74) is 7.70. The predicted octanol–water partition coefficient (Wildman–Crippen LogP) is 3.21. The van der Waals surface area contributed by atoms with E-state index in [0.717, 1.165) is 17.2 Å². The first-order valence-corrected chi connectivity index (χ1v) is 7.27. The van der Waals surface area contributed by atoms with Gasteiger partial charge in [-0.05, 0) is 48.4 Å². The van der Waals surface area contributed by atoms with Gasteiger partial charge in [0.15, 0.2) is 0 Å². The third-order valence-corrected chi connectivity index (χ3v) is 4.37. The van der Waals surface area contributed by atoms with Crippen molar-refractivity contribution in [3.8, 4) is 0 Å². The highest BCUT2D eigenvalue weighted by Gasteiger charge is 2.20. The topological polar surface area (TPSA) is 50.9 Å². The van der Waals surface area contributed by atoms with Gasteiger partial charge in [0.05, 0.1) is 6.04 Å². The Morgan fingerprint density at radius 1 is 1.20 bits per heavy atom. The third kappa shape index (κ3) is 2.47. The van der Waals surface area contributed by atoms with Crippen LogP contribution in [0, 0.1) is 6.92 Å². The molecule has 1 aliphatic rings. The minimum Gasteiger partial charge on any atom is -0.271 e. The Bertz CT molecular complexity index is 573. The van der Waals surface area contributed by atoms with Gasteiger partial charge in [0.25, 0.3) is 0 Å². The normalized spacial score (nSPS) is 16.7. The third-order valence-electron chi connectivity index (χ3n) is 4.37. The summed E-state index contributed by atoms with van der Waals surface area (Å²) in [6.07, 6.45) is 5.85. The zero-order valence-corrected chi connectivity index (χ0v) is 11.8. The van der Waals surface area contributed by atoms with Crippen LogP contribution in [-0.4, -0.2) is 4.98 Å². The van der Waals surface area contributed by atoms with Crippen LogP contribution < -0.4 is 11.3 Å². The highest BCUT2D eigenvalue weighted by molar-refractivity contribution is 5.36. The van der Waals surface area contributed by atoms with E-state index in [1.165, 1.54) is 30.4 Å². The van der Waals surface area contributed by atoms with Gasteiger partial charge in [0.1, 0.15) is 0 Å². The van der Waals surface area contributed by atoms with E-state index in [2.05, 4.69) is 40.7 Å². The summed E-state index contributed by atoms with van der Waals surface area (Å²) in [4.78, 5) is 4.35. The van der Waals surface area contributed by atoms with Crippen molar-refractivity contribution in [1.82, 2.24) is 10.4 Å². The summed E-state index contributed by atoms with van der Waals surface area (Å²) in [6.45, 7) is 2.02. The van der Waals surface area contributed by atoms with Gasteiger partial charge < -0.3 is 0 Å². The summed E-state index contributed by atoms with van der Waals surface area (Å²) in [5.74, 6) is 6.53. The molecule has 1 saturated carbocycles. The van der Waals surface area contributed by atoms with Gasteiger partial charge in [-0.25, -0.2) is 5.43 Å². The zero-order valence-electron chi connectivity index (χ0n) is 11.8. The molecule has 1 heterocycles. The molecule has 3 heteroatoms. The van der Waals surface area contributed by atoms with Crippen LogP contribution in [0.25, 0.3) is 0 Å². The van der Waals surface area contributed by atoms with Gasteiger partial charge in [-0.15, -0.1) is 0 Å². The minimum absolute atomic E-state index is 0.000796. The Hall–Kier alpha value is -1.71. The number of aryl methyl sites for hydroxylation is 1. The van der Waals surface area contributed by atoms with Crippen LogP contribution in [-0.2, 0) is 0 Å². The monoisotopic (exact) mass is 267 g/mol. The molecule has 0 aliphatic heterocycles. The summed E-state index contributed by atoms with van der Waals surface area (Å²) < 4.78 is 0. The van der Waals surface area contributed by atoms with Crippen molar-refractivity contribution in [3.05, 3.63) is 65.0 Å². The average molecular weight is 267 g/mol. The fourth-order valence-electron chi connectivity index (χ4n) is 2.87. The summed E-state index contributed by atoms with van der Waals surface area (Å²) in [5, 5.41) is 0. The molecule has 0 bridgehead atoms. The van der Waals surface area contributed by atoms with E-state index in [9.17, 15) is 0 Å². The molecular weight excluding hydrogens is 246 g/mol. The standard InChI is InChI=1S/C17H21N3/c1-12-16(6-3-11-19-12)17(20-18)15-9-7-14(8-10-15)13-4-2-5-13/h3,6-11,13,17,20H,2,4-5,18H2,1H3. The molecule has 1 fully saturated rings. The minimum atomic E-state index is -0.000796. The Balaban J connectivity index is 1.87. The molecule has 1 atom stereocenters. The van der Waals surface area contributed by atoms with E-state index in [1.54, 1.807) is 0 Å². The van der Waals surface area contributed by atoms with Gasteiger partial charge in [0.2, 0.25) is 0 Å². The second kappa shape index (κ2) is 5.73. The van der Waals surface area contributed by atoms with Crippen molar-refractivity contribution in [2.75, 3.05) is 0 Å². The van der Waals surface area contributed by atoms with E-state index in [-0.39, 0.29) is 6.04 Å². The molecule has 2 aromatic rings. The summed E-state index contributed by atoms with van der Waals surface area (Å²) in [6, 6.07) is 12.9. The first-order chi connectivity index (χ1) is 9.79. The fraction of sp³-hybridized carbons (Fsp3) is 0.353. The molecule has 0 saturated heterocycles. The van der Waals surface area contributed by atoms with Crippen molar-refractivity contribution >= 4 is 0 Å². The van der Waals surface area contributed by atoms with Crippen LogP contribution in [0.2, 0.25) is 0 Å². The van der Waals surface area contributed by atoms with Crippen LogP contribution in [0.4, 0.5) is 0 Å². The van der Waals surface area contributed by atoms with Crippen LogP contribution in [0.5, 0.6) is 0 Å². The van der Waals surface area contributed by atoms with E-state index in [0.29, 0.717) is 0 Å². The Morgan fingerprint density at radius 3 is 2.50 bits per heavy atom. The zero-order chi connectivity index (χ0) is 13.9. The van der Waals surface area contributed by atoms with E-state index >= 15 is 0 Å². The fourth-order valence-corrected chi connectivity index (χ4v) is 2.87. The largest absolute Gasteiger partial charge is 0.271 e. The van der Waals surface area contributed by atoms with Crippen molar-refractivity contribution < 1.29 is 0 Å². The lowest BCUT2D eigenvalue weighted by Gasteiger charge is -2.26. The molecule has 1 unspecified atom stereocenters. The van der Waals surface area contributed by atoms with Gasteiger partial charge in [0, 0.05) is 11.9 Å². The lowest BCUT2D eigenvalue weighted by Crippen LogP contribution is -2.29. The number of hydrogen-bond donors (Lipinski definition) is 2. The van der Waals surface area contributed by atoms with Crippen molar-refractivity contribution in [3.63, 3.8) is 0 Å². The van der Waals surface area contributed by atoms with Gasteiger partial charge in [-0.2, -0.15) is 0 Å². The maximum atomic E-state index is 5.76. The number of hydrogen-bond acceptors (Lipinski definition) is 3. The maximum absolute atomic E-state index is 5.76. The van der Waals surface area contributed by atoms with Gasteiger partial charge >= 0.3 is 0 Å². The first-order valence-electron chi connectivity index (χ1n) is 7.27. The molecule has 0 radical (unpaired) electrons. The highest BCUT2D eigenvalue weighted by Crippen LogP contribution is 2.36. The molecule has 20 heavy (non-hydrogen) atoms. The molecule has 3 N–H and O–H groups in total. The quantitative estimate of drug-likeness (QED) is 0.660. The lowest BCUT2D eigenvalue weighted by atomic mass is 9.79. The van der Waals surface area contributed by atoms with Crippen LogP contribution >= 0.6 is 0 Å². The molecule has 1 aromatic heterocycles. The van der Waals surface area contributed by atoms with Crippen LogP contribution in [0.3, 0.4) is 0 Å². The summed E-state index contributed by atoms with van der Waals surface area (Å²) in [7, 11) is 0. The van der Waals surface area contributed by atoms with Gasteiger partial charge in [-0.3, -0.25) is 10.8 Å². The van der Waals surface area contributed by atoms with E-state index in [4.69, 9.17) is 5.84 Å². The number of aromatic nitrogens is 1. The smallest absolute Gasteiger partial charge is 0.0727 e. The van der Waals surface area contributed by atoms with Crippen molar-refractivity contribution in [2.24, 2.45) is 5.84 Å². The molecule has 3 nitrogen and oxygen atoms in total. The first kappa shape index (κ1) is 13.3. The number of benzene rings is 1. The van der Waals surface area contributed by atoms with E-state index < -0.39 is 0 Å². The van der Waals surface area contributed by atoms with Crippen molar-refractivity contribution in [1.29, 1.82) is 0 Å². The maximum Gasteiger partial charge on any atom is 0.0727 e. The Morgan fingerprint density at radius 2 is 1.95 bits per heavy atom. The van der Waals surface area contributed by atoms with Crippen molar-refractivity contribution in [2.45, 2.75) is 38.1 Å². The Kier molecular flexibility index (Phi) is 3.81. The molecule has 0 amide bonds. The Labute approximate surface area is 120 Å². The predicted molar refractivity (Wildman–Crippen MR) is 81.2 cm³/mol. The molecule has 104 valence electrons. The van der Waals surface area contributed by atoms with Crippen LogP contribution in [0.15, 0.2) is 42.6 Å². The molecule has 3 rings (SSSR count). The summed E-state index contributed by atoms with van der Waals surface area (Å²) >= 11 is 0. The van der Waals surface area contributed by atoms with E-state index in [1.807, 2.05) is 19.2 Å². The lowest BCUT2D eigenvalue weighted by molar-refractivity contribution is 0.419. The molecule has 1 aromatic carbocycles. The average Bonchev–Trinajstić information content (AvgIpc) is 2.41. The number of pyridine rings is 1.